The van der Waals surface area contributed by atoms with Gasteiger partial charge in [-0.2, -0.15) is 13.2 Å². The van der Waals surface area contributed by atoms with E-state index in [1.807, 2.05) is 4.98 Å². The fraction of sp³-hybridized carbons (Fsp3) is 0.294. The SMILES string of the molecule is CCOc1ccc(C(=O)Nc2cc(C(F)(F)F)c[nH]c2=O)cc1OCC. The second-order valence-corrected chi connectivity index (χ2v) is 5.11. The lowest BCUT2D eigenvalue weighted by molar-refractivity contribution is -0.137. The van der Waals surface area contributed by atoms with Crippen LogP contribution in [0.1, 0.15) is 29.8 Å². The Labute approximate surface area is 146 Å². The molecule has 1 aromatic heterocycles. The van der Waals surface area contributed by atoms with Crippen molar-refractivity contribution in [2.45, 2.75) is 20.0 Å². The van der Waals surface area contributed by atoms with Gasteiger partial charge >= 0.3 is 6.18 Å². The molecule has 26 heavy (non-hydrogen) atoms. The third-order valence-electron chi connectivity index (χ3n) is 3.28. The van der Waals surface area contributed by atoms with Crippen molar-refractivity contribution in [2.24, 2.45) is 0 Å². The number of aromatic nitrogens is 1. The standard InChI is InChI=1S/C17H17F3N2O4/c1-3-25-13-6-5-10(7-14(13)26-4-2)15(23)22-12-8-11(17(18,19)20)9-21-16(12)24/h5-9H,3-4H2,1-2H3,(H,21,24)(H,22,23). The number of carbonyl (C=O) groups is 1. The summed E-state index contributed by atoms with van der Waals surface area (Å²) in [7, 11) is 0. The third kappa shape index (κ3) is 4.56. The van der Waals surface area contributed by atoms with Crippen LogP contribution in [0.15, 0.2) is 35.3 Å². The van der Waals surface area contributed by atoms with Crippen molar-refractivity contribution in [3.05, 3.63) is 51.9 Å². The molecular formula is C17H17F3N2O4. The molecule has 140 valence electrons. The Morgan fingerprint density at radius 3 is 2.38 bits per heavy atom. The summed E-state index contributed by atoms with van der Waals surface area (Å²) < 4.78 is 49.0. The van der Waals surface area contributed by atoms with Gasteiger partial charge in [-0.15, -0.1) is 0 Å². The quantitative estimate of drug-likeness (QED) is 0.816. The van der Waals surface area contributed by atoms with E-state index in [4.69, 9.17) is 9.47 Å². The van der Waals surface area contributed by atoms with Gasteiger partial charge in [-0.1, -0.05) is 0 Å². The highest BCUT2D eigenvalue weighted by Crippen LogP contribution is 2.30. The van der Waals surface area contributed by atoms with Crippen LogP contribution in [0.4, 0.5) is 18.9 Å². The predicted octanol–water partition coefficient (Wildman–Crippen LogP) is 3.44. The number of aromatic amines is 1. The first-order chi connectivity index (χ1) is 12.3. The number of pyridine rings is 1. The Bertz CT molecular complexity index is 847. The molecule has 2 aromatic rings. The van der Waals surface area contributed by atoms with Crippen molar-refractivity contribution in [1.29, 1.82) is 0 Å². The lowest BCUT2D eigenvalue weighted by Crippen LogP contribution is -2.21. The van der Waals surface area contributed by atoms with Gasteiger partial charge in [0.15, 0.2) is 11.5 Å². The summed E-state index contributed by atoms with van der Waals surface area (Å²) >= 11 is 0. The second kappa shape index (κ2) is 7.94. The zero-order chi connectivity index (χ0) is 19.3. The maximum Gasteiger partial charge on any atom is 0.417 e. The highest BCUT2D eigenvalue weighted by molar-refractivity contribution is 6.04. The number of carbonyl (C=O) groups excluding carboxylic acids is 1. The number of nitrogens with one attached hydrogen (secondary N) is 2. The number of ether oxygens (including phenoxy) is 2. The summed E-state index contributed by atoms with van der Waals surface area (Å²) in [6, 6.07) is 4.91. The fourth-order valence-electron chi connectivity index (χ4n) is 2.13. The van der Waals surface area contributed by atoms with Crippen LogP contribution in [0.3, 0.4) is 0 Å². The average Bonchev–Trinajstić information content (AvgIpc) is 2.57. The monoisotopic (exact) mass is 370 g/mol. The van der Waals surface area contributed by atoms with Gasteiger partial charge in [0.1, 0.15) is 5.69 Å². The summed E-state index contributed by atoms with van der Waals surface area (Å²) in [4.78, 5) is 26.0. The number of H-pyrrole nitrogens is 1. The number of amides is 1. The van der Waals surface area contributed by atoms with E-state index in [9.17, 15) is 22.8 Å². The molecule has 0 aliphatic heterocycles. The lowest BCUT2D eigenvalue weighted by Gasteiger charge is -2.13. The molecule has 1 heterocycles. The molecule has 0 aliphatic rings. The summed E-state index contributed by atoms with van der Waals surface area (Å²) in [5.74, 6) is 0.00148. The number of benzene rings is 1. The Kier molecular flexibility index (Phi) is 5.91. The van der Waals surface area contributed by atoms with E-state index in [2.05, 4.69) is 5.32 Å². The zero-order valence-electron chi connectivity index (χ0n) is 14.1. The smallest absolute Gasteiger partial charge is 0.417 e. The molecule has 0 unspecified atom stereocenters. The Balaban J connectivity index is 2.30. The first-order valence-electron chi connectivity index (χ1n) is 7.77. The van der Waals surface area contributed by atoms with Gasteiger partial charge in [0, 0.05) is 11.8 Å². The zero-order valence-corrected chi connectivity index (χ0v) is 14.1. The minimum Gasteiger partial charge on any atom is -0.490 e. The number of hydrogen-bond donors (Lipinski definition) is 2. The Morgan fingerprint density at radius 1 is 1.12 bits per heavy atom. The van der Waals surface area contributed by atoms with Crippen LogP contribution in [0.2, 0.25) is 0 Å². The van der Waals surface area contributed by atoms with Gasteiger partial charge in [0.25, 0.3) is 11.5 Å². The van der Waals surface area contributed by atoms with Crippen molar-refractivity contribution in [3.63, 3.8) is 0 Å². The molecule has 2 rings (SSSR count). The van der Waals surface area contributed by atoms with Crippen molar-refractivity contribution in [2.75, 3.05) is 18.5 Å². The number of anilines is 1. The number of hydrogen-bond acceptors (Lipinski definition) is 4. The molecule has 0 bridgehead atoms. The molecule has 1 aromatic carbocycles. The van der Waals surface area contributed by atoms with Crippen LogP contribution < -0.4 is 20.3 Å². The molecule has 0 fully saturated rings. The van der Waals surface area contributed by atoms with Gasteiger partial charge in [-0.25, -0.2) is 0 Å². The van der Waals surface area contributed by atoms with Crippen LogP contribution in [0.5, 0.6) is 11.5 Å². The minimum atomic E-state index is -4.65. The summed E-state index contributed by atoms with van der Waals surface area (Å²) in [6.45, 7) is 4.27. The third-order valence-corrected chi connectivity index (χ3v) is 3.28. The predicted molar refractivity (Wildman–Crippen MR) is 88.8 cm³/mol. The maximum atomic E-state index is 12.7. The normalized spacial score (nSPS) is 11.1. The van der Waals surface area contributed by atoms with E-state index >= 15 is 0 Å². The topological polar surface area (TPSA) is 80.4 Å². The molecule has 0 radical (unpaired) electrons. The summed E-state index contributed by atoms with van der Waals surface area (Å²) in [5, 5.41) is 2.18. The summed E-state index contributed by atoms with van der Waals surface area (Å²) in [5.41, 5.74) is -2.32. The van der Waals surface area contributed by atoms with Crippen LogP contribution in [0.25, 0.3) is 0 Å². The molecular weight excluding hydrogens is 353 g/mol. The van der Waals surface area contributed by atoms with E-state index < -0.39 is 28.9 Å². The molecule has 0 saturated carbocycles. The fourth-order valence-corrected chi connectivity index (χ4v) is 2.13. The van der Waals surface area contributed by atoms with E-state index in [1.165, 1.54) is 18.2 Å². The molecule has 0 spiro atoms. The molecule has 0 aliphatic carbocycles. The first kappa shape index (κ1) is 19.4. The molecule has 0 atom stereocenters. The molecule has 1 amide bonds. The molecule has 2 N–H and O–H groups in total. The maximum absolute atomic E-state index is 12.7. The van der Waals surface area contributed by atoms with E-state index in [0.29, 0.717) is 37.0 Å². The molecule has 6 nitrogen and oxygen atoms in total. The van der Waals surface area contributed by atoms with Gasteiger partial charge in [-0.3, -0.25) is 9.59 Å². The van der Waals surface area contributed by atoms with E-state index in [1.54, 1.807) is 13.8 Å². The van der Waals surface area contributed by atoms with Gasteiger partial charge in [0.2, 0.25) is 0 Å². The number of halogens is 3. The Morgan fingerprint density at radius 2 is 1.77 bits per heavy atom. The summed E-state index contributed by atoms with van der Waals surface area (Å²) in [6.07, 6.45) is -4.10. The highest BCUT2D eigenvalue weighted by Gasteiger charge is 2.31. The minimum absolute atomic E-state index is 0.105. The van der Waals surface area contributed by atoms with Gasteiger partial charge in [-0.05, 0) is 38.1 Å². The van der Waals surface area contributed by atoms with Gasteiger partial charge in [0.05, 0.1) is 18.8 Å². The number of alkyl halides is 3. The highest BCUT2D eigenvalue weighted by atomic mass is 19.4. The van der Waals surface area contributed by atoms with Crippen LogP contribution in [-0.4, -0.2) is 24.1 Å². The van der Waals surface area contributed by atoms with Gasteiger partial charge < -0.3 is 19.8 Å². The van der Waals surface area contributed by atoms with Crippen LogP contribution >= 0.6 is 0 Å². The van der Waals surface area contributed by atoms with Crippen molar-refractivity contribution < 1.29 is 27.4 Å². The second-order valence-electron chi connectivity index (χ2n) is 5.11. The lowest BCUT2D eigenvalue weighted by atomic mass is 10.1. The first-order valence-corrected chi connectivity index (χ1v) is 7.77. The Hall–Kier alpha value is -2.97. The molecule has 9 heteroatoms. The molecule has 0 saturated heterocycles. The van der Waals surface area contributed by atoms with E-state index in [-0.39, 0.29) is 5.56 Å². The number of rotatable bonds is 6. The van der Waals surface area contributed by atoms with E-state index in [0.717, 1.165) is 0 Å². The van der Waals surface area contributed by atoms with Crippen molar-refractivity contribution >= 4 is 11.6 Å². The van der Waals surface area contributed by atoms with Crippen molar-refractivity contribution in [1.82, 2.24) is 4.98 Å². The van der Waals surface area contributed by atoms with Crippen molar-refractivity contribution in [3.8, 4) is 11.5 Å². The largest absolute Gasteiger partial charge is 0.490 e. The van der Waals surface area contributed by atoms with Crippen LogP contribution in [0, 0.1) is 0 Å². The average molecular weight is 370 g/mol. The van der Waals surface area contributed by atoms with Crippen LogP contribution in [-0.2, 0) is 6.18 Å².